The first-order valence-corrected chi connectivity index (χ1v) is 9.21. The van der Waals surface area contributed by atoms with Crippen LogP contribution in [-0.4, -0.2) is 63.4 Å². The van der Waals surface area contributed by atoms with Crippen molar-refractivity contribution < 1.29 is 13.2 Å². The van der Waals surface area contributed by atoms with Crippen LogP contribution in [0, 0.1) is 0 Å². The maximum absolute atomic E-state index is 12.0. The molecular formula is C15H22N6O3S. The zero-order chi connectivity index (χ0) is 18.4. The number of aryl methyl sites for hydroxylation is 1. The molecule has 25 heavy (non-hydrogen) atoms. The summed E-state index contributed by atoms with van der Waals surface area (Å²) in [6.45, 7) is 0.623. The summed E-state index contributed by atoms with van der Waals surface area (Å²) in [5, 5.41) is 0. The number of hydrogen-bond donors (Lipinski definition) is 2. The van der Waals surface area contributed by atoms with Gasteiger partial charge >= 0.3 is 10.2 Å². The maximum Gasteiger partial charge on any atom is 0.324 e. The molecule has 1 aromatic heterocycles. The normalized spacial score (nSPS) is 19.2. The Morgan fingerprint density at radius 1 is 1.20 bits per heavy atom. The number of Topliss-reactive ketones (excluding diaryl/α,β-unsaturated/α-hetero) is 1. The number of nitrogens with zero attached hydrogens (tertiary/aromatic N) is 4. The van der Waals surface area contributed by atoms with Gasteiger partial charge in [-0.25, -0.2) is 9.44 Å². The van der Waals surface area contributed by atoms with E-state index in [1.54, 1.807) is 0 Å². The predicted octanol–water partition coefficient (Wildman–Crippen LogP) is -0.491. The van der Waals surface area contributed by atoms with E-state index in [0.29, 0.717) is 6.42 Å². The first-order chi connectivity index (χ1) is 11.8. The Morgan fingerprint density at radius 3 is 2.56 bits per heavy atom. The molecule has 0 aromatic carbocycles. The summed E-state index contributed by atoms with van der Waals surface area (Å²) in [4.78, 5) is 26.3. The van der Waals surface area contributed by atoms with E-state index in [1.165, 1.54) is 7.05 Å². The Morgan fingerprint density at radius 2 is 1.88 bits per heavy atom. The van der Waals surface area contributed by atoms with Crippen molar-refractivity contribution in [2.75, 3.05) is 27.7 Å². The summed E-state index contributed by atoms with van der Waals surface area (Å²) < 4.78 is 27.2. The second-order valence-corrected chi connectivity index (χ2v) is 7.26. The summed E-state index contributed by atoms with van der Waals surface area (Å²) in [5.74, 6) is 0.0571. The van der Waals surface area contributed by atoms with Crippen LogP contribution >= 0.6 is 0 Å². The lowest BCUT2D eigenvalue weighted by Crippen LogP contribution is -2.25. The van der Waals surface area contributed by atoms with Gasteiger partial charge < -0.3 is 4.90 Å². The fourth-order valence-electron chi connectivity index (χ4n) is 2.23. The lowest BCUT2D eigenvalue weighted by atomic mass is 10.1. The highest BCUT2D eigenvalue weighted by molar-refractivity contribution is 7.89. The number of hydrogen-bond acceptors (Lipinski definition) is 7. The van der Waals surface area contributed by atoms with E-state index in [0.717, 1.165) is 17.9 Å². The average Bonchev–Trinajstić information content (AvgIpc) is 2.85. The zero-order valence-corrected chi connectivity index (χ0v) is 15.3. The van der Waals surface area contributed by atoms with Crippen LogP contribution < -0.4 is 9.44 Å². The molecule has 0 spiro atoms. The minimum Gasteiger partial charge on any atom is -0.304 e. The first-order valence-electron chi connectivity index (χ1n) is 7.72. The number of rotatable bonds is 7. The molecule has 0 unspecified atom stereocenters. The van der Waals surface area contributed by atoms with E-state index >= 15 is 0 Å². The summed E-state index contributed by atoms with van der Waals surface area (Å²) in [6, 6.07) is 5.76. The zero-order valence-electron chi connectivity index (χ0n) is 14.5. The van der Waals surface area contributed by atoms with Crippen LogP contribution in [0.3, 0.4) is 0 Å². The largest absolute Gasteiger partial charge is 0.324 e. The molecule has 1 aliphatic rings. The Labute approximate surface area is 147 Å². The lowest BCUT2D eigenvalue weighted by molar-refractivity contribution is -0.117. The molecule has 0 bridgehead atoms. The van der Waals surface area contributed by atoms with Crippen LogP contribution in [0.2, 0.25) is 0 Å². The summed E-state index contributed by atoms with van der Waals surface area (Å²) >= 11 is 0. The topological polar surface area (TPSA) is 116 Å². The minimum atomic E-state index is -3.66. The summed E-state index contributed by atoms with van der Waals surface area (Å²) in [6.07, 6.45) is 0.803. The van der Waals surface area contributed by atoms with Crippen LogP contribution in [0.1, 0.15) is 17.8 Å². The predicted molar refractivity (Wildman–Crippen MR) is 95.8 cm³/mol. The average molecular weight is 366 g/mol. The van der Waals surface area contributed by atoms with Crippen molar-refractivity contribution in [1.82, 2.24) is 19.3 Å². The van der Waals surface area contributed by atoms with Gasteiger partial charge in [0.2, 0.25) is 0 Å². The highest BCUT2D eigenvalue weighted by Crippen LogP contribution is 2.05. The third-order valence-electron chi connectivity index (χ3n) is 3.33. The molecule has 0 radical (unpaired) electrons. The van der Waals surface area contributed by atoms with Gasteiger partial charge in [0.05, 0.1) is 5.69 Å². The van der Waals surface area contributed by atoms with Gasteiger partial charge in [-0.2, -0.15) is 8.42 Å². The molecule has 0 atom stereocenters. The molecule has 2 N–H and O–H groups in total. The third-order valence-corrected chi connectivity index (χ3v) is 4.25. The molecule has 2 rings (SSSR count). The standard InChI is InChI=1S/C15H22N6O3S/c1-16-14-15(20-25(23,24)19-14)17-9-13(22)8-7-11-5-4-6-12(18-11)10-21(2)3/h4-6H,7-10H2,1-3H3,(H,16,19)(H,17,20). The van der Waals surface area contributed by atoms with Gasteiger partial charge in [0.15, 0.2) is 17.5 Å². The number of pyridine rings is 1. The van der Waals surface area contributed by atoms with Crippen LogP contribution in [0.15, 0.2) is 28.2 Å². The smallest absolute Gasteiger partial charge is 0.304 e. The molecule has 2 heterocycles. The van der Waals surface area contributed by atoms with Gasteiger partial charge in [-0.05, 0) is 32.6 Å². The van der Waals surface area contributed by atoms with Gasteiger partial charge in [-0.1, -0.05) is 6.07 Å². The highest BCUT2D eigenvalue weighted by atomic mass is 32.2. The molecule has 10 heteroatoms. The van der Waals surface area contributed by atoms with Gasteiger partial charge in [0, 0.05) is 25.7 Å². The van der Waals surface area contributed by atoms with Crippen molar-refractivity contribution in [2.24, 2.45) is 9.98 Å². The molecule has 1 aliphatic heterocycles. The van der Waals surface area contributed by atoms with Crippen LogP contribution in [-0.2, 0) is 28.0 Å². The van der Waals surface area contributed by atoms with Crippen LogP contribution in [0.5, 0.6) is 0 Å². The molecule has 136 valence electrons. The summed E-state index contributed by atoms with van der Waals surface area (Å²) in [7, 11) is 1.72. The van der Waals surface area contributed by atoms with Crippen molar-refractivity contribution in [2.45, 2.75) is 19.4 Å². The number of aliphatic imine (C=N–C) groups is 2. The molecule has 1 saturated heterocycles. The summed E-state index contributed by atoms with van der Waals surface area (Å²) in [5.41, 5.74) is 1.80. The Kier molecular flexibility index (Phi) is 6.21. The molecule has 9 nitrogen and oxygen atoms in total. The molecule has 0 saturated carbocycles. The van der Waals surface area contributed by atoms with Crippen molar-refractivity contribution >= 4 is 27.7 Å². The van der Waals surface area contributed by atoms with Gasteiger partial charge in [0.25, 0.3) is 0 Å². The lowest BCUT2D eigenvalue weighted by Gasteiger charge is -2.09. The molecule has 0 amide bonds. The SMILES string of the molecule is CN=C1NS(=O)(=O)NC1=NCC(=O)CCc1cccc(CN(C)C)n1. The minimum absolute atomic E-state index is 0.0574. The van der Waals surface area contributed by atoms with Crippen LogP contribution in [0.4, 0.5) is 0 Å². The van der Waals surface area contributed by atoms with Crippen molar-refractivity contribution in [1.29, 1.82) is 0 Å². The second kappa shape index (κ2) is 8.17. The first kappa shape index (κ1) is 19.0. The molecule has 1 fully saturated rings. The third kappa shape index (κ3) is 5.91. The molecule has 1 aromatic rings. The quantitative estimate of drug-likeness (QED) is 0.675. The van der Waals surface area contributed by atoms with Gasteiger partial charge in [0.1, 0.15) is 6.54 Å². The molecule has 0 aliphatic carbocycles. The van der Waals surface area contributed by atoms with Gasteiger partial charge in [-0.3, -0.25) is 19.8 Å². The number of nitrogens with one attached hydrogen (secondary N) is 2. The monoisotopic (exact) mass is 366 g/mol. The maximum atomic E-state index is 12.0. The number of carbonyl (C=O) groups excluding carboxylic acids is 1. The van der Waals surface area contributed by atoms with E-state index < -0.39 is 10.2 Å². The van der Waals surface area contributed by atoms with E-state index in [9.17, 15) is 13.2 Å². The van der Waals surface area contributed by atoms with E-state index in [4.69, 9.17) is 0 Å². The number of aromatic nitrogens is 1. The van der Waals surface area contributed by atoms with Crippen molar-refractivity contribution in [3.63, 3.8) is 0 Å². The van der Waals surface area contributed by atoms with E-state index in [-0.39, 0.29) is 30.4 Å². The van der Waals surface area contributed by atoms with Crippen molar-refractivity contribution in [3.8, 4) is 0 Å². The van der Waals surface area contributed by atoms with Crippen LogP contribution in [0.25, 0.3) is 0 Å². The van der Waals surface area contributed by atoms with E-state index in [2.05, 4.69) is 24.4 Å². The fourth-order valence-corrected chi connectivity index (χ4v) is 3.14. The van der Waals surface area contributed by atoms with Crippen molar-refractivity contribution in [3.05, 3.63) is 29.6 Å². The van der Waals surface area contributed by atoms with E-state index in [1.807, 2.05) is 37.2 Å². The highest BCUT2D eigenvalue weighted by Gasteiger charge is 2.27. The second-order valence-electron chi connectivity index (χ2n) is 5.84. The number of carbonyl (C=O) groups is 1. The number of amidine groups is 2. The Hall–Kier alpha value is -2.33. The number of ketones is 1. The molecular weight excluding hydrogens is 344 g/mol. The van der Waals surface area contributed by atoms with Gasteiger partial charge in [-0.15, -0.1) is 0 Å². The Bertz CT molecular complexity index is 801. The Balaban J connectivity index is 1.90. The fraction of sp³-hybridized carbons (Fsp3) is 0.467.